The molecule has 0 aliphatic heterocycles. The summed E-state index contributed by atoms with van der Waals surface area (Å²) in [6.07, 6.45) is 16.5. The van der Waals surface area contributed by atoms with Gasteiger partial charge in [0.25, 0.3) is 0 Å². The quantitative estimate of drug-likeness (QED) is 0.364. The number of rotatable bonds is 15. The van der Waals surface area contributed by atoms with Crippen LogP contribution in [0.2, 0.25) is 0 Å². The molecule has 2 N–H and O–H groups in total. The van der Waals surface area contributed by atoms with Gasteiger partial charge in [0.2, 0.25) is 0 Å². The van der Waals surface area contributed by atoms with Crippen LogP contribution >= 0.6 is 0 Å². The fourth-order valence-electron chi connectivity index (χ4n) is 3.78. The normalized spacial score (nSPS) is 12.0. The molecule has 0 fully saturated rings. The molecule has 0 atom stereocenters. The van der Waals surface area contributed by atoms with Crippen LogP contribution in [0.4, 0.5) is 0 Å². The fraction of sp³-hybridized carbons (Fsp3) is 1.00. The molecule has 1 heteroatoms. The summed E-state index contributed by atoms with van der Waals surface area (Å²) in [7, 11) is 0. The van der Waals surface area contributed by atoms with E-state index < -0.39 is 0 Å². The number of unbranched alkanes of at least 4 members (excludes halogenated alkanes) is 4. The molecule has 0 aromatic carbocycles. The molecule has 0 aliphatic carbocycles. The molecule has 0 saturated heterocycles. The highest BCUT2D eigenvalue weighted by atomic mass is 14.6. The Balaban J connectivity index is 4.73. The van der Waals surface area contributed by atoms with Gasteiger partial charge in [0.15, 0.2) is 0 Å². The summed E-state index contributed by atoms with van der Waals surface area (Å²) in [4.78, 5) is 0. The van der Waals surface area contributed by atoms with Crippen molar-refractivity contribution in [3.63, 3.8) is 0 Å². The fourth-order valence-corrected chi connectivity index (χ4v) is 3.78. The van der Waals surface area contributed by atoms with Crippen molar-refractivity contribution in [3.05, 3.63) is 0 Å². The molecule has 0 rings (SSSR count). The Morgan fingerprint density at radius 2 is 0.857 bits per heavy atom. The minimum atomic E-state index is 0.779. The van der Waals surface area contributed by atoms with Gasteiger partial charge in [0.05, 0.1) is 0 Å². The summed E-state index contributed by atoms with van der Waals surface area (Å²) in [6, 6.07) is 0. The van der Waals surface area contributed by atoms with Gasteiger partial charge in [-0.3, -0.25) is 0 Å². The monoisotopic (exact) mass is 297 g/mol. The Kier molecular flexibility index (Phi) is 14.9. The zero-order valence-electron chi connectivity index (χ0n) is 15.5. The number of hydrogen-bond donors (Lipinski definition) is 1. The van der Waals surface area contributed by atoms with Gasteiger partial charge in [-0.25, -0.2) is 0 Å². The maximum atomic E-state index is 6.26. The first kappa shape index (κ1) is 21.0. The highest BCUT2D eigenvalue weighted by Crippen LogP contribution is 2.34. The molecule has 0 aromatic rings. The lowest BCUT2D eigenvalue weighted by atomic mass is 9.73. The van der Waals surface area contributed by atoms with Crippen molar-refractivity contribution in [3.8, 4) is 0 Å². The van der Waals surface area contributed by atoms with E-state index in [1.165, 1.54) is 77.0 Å². The Labute approximate surface area is 135 Å². The maximum absolute atomic E-state index is 6.26. The van der Waals surface area contributed by atoms with Crippen molar-refractivity contribution in [1.29, 1.82) is 0 Å². The molecule has 0 saturated carbocycles. The third-order valence-corrected chi connectivity index (χ3v) is 5.20. The lowest BCUT2D eigenvalue weighted by molar-refractivity contribution is 0.179. The van der Waals surface area contributed by atoms with E-state index in [1.54, 1.807) is 0 Å². The highest BCUT2D eigenvalue weighted by molar-refractivity contribution is 4.78. The van der Waals surface area contributed by atoms with Crippen LogP contribution in [0.1, 0.15) is 105 Å². The van der Waals surface area contributed by atoms with Gasteiger partial charge in [-0.15, -0.1) is 0 Å². The molecule has 0 bridgehead atoms. The van der Waals surface area contributed by atoms with Gasteiger partial charge >= 0.3 is 0 Å². The summed E-state index contributed by atoms with van der Waals surface area (Å²) in [5.74, 6) is 2.54. The zero-order chi connectivity index (χ0) is 15.9. The van der Waals surface area contributed by atoms with Gasteiger partial charge < -0.3 is 5.73 Å². The van der Waals surface area contributed by atoms with Crippen LogP contribution < -0.4 is 5.73 Å². The Hall–Kier alpha value is -0.0400. The zero-order valence-corrected chi connectivity index (χ0v) is 15.5. The van der Waals surface area contributed by atoms with E-state index in [0.29, 0.717) is 0 Å². The van der Waals surface area contributed by atoms with Crippen molar-refractivity contribution in [2.75, 3.05) is 6.54 Å². The van der Waals surface area contributed by atoms with Crippen molar-refractivity contribution in [2.45, 2.75) is 105 Å². The molecule has 0 unspecified atom stereocenters. The second-order valence-corrected chi connectivity index (χ2v) is 6.99. The first-order chi connectivity index (χ1) is 10.2. The molecule has 0 spiro atoms. The Morgan fingerprint density at radius 3 is 1.05 bits per heavy atom. The minimum absolute atomic E-state index is 0.779. The van der Waals surface area contributed by atoms with E-state index >= 15 is 0 Å². The van der Waals surface area contributed by atoms with E-state index in [-0.39, 0.29) is 0 Å². The van der Waals surface area contributed by atoms with Crippen molar-refractivity contribution >= 4 is 0 Å². The van der Waals surface area contributed by atoms with Crippen LogP contribution in [-0.4, -0.2) is 6.54 Å². The Morgan fingerprint density at radius 1 is 0.571 bits per heavy atom. The molecule has 128 valence electrons. The van der Waals surface area contributed by atoms with Gasteiger partial charge in [-0.2, -0.15) is 0 Å². The van der Waals surface area contributed by atoms with E-state index in [1.807, 2.05) is 0 Å². The maximum Gasteiger partial charge on any atom is -0.00436 e. The minimum Gasteiger partial charge on any atom is -0.330 e. The van der Waals surface area contributed by atoms with Crippen LogP contribution in [0.5, 0.6) is 0 Å². The smallest absolute Gasteiger partial charge is 0.00436 e. The second-order valence-electron chi connectivity index (χ2n) is 6.99. The third kappa shape index (κ3) is 9.55. The van der Waals surface area contributed by atoms with Crippen LogP contribution in [-0.2, 0) is 0 Å². The van der Waals surface area contributed by atoms with Gasteiger partial charge in [-0.05, 0) is 24.3 Å². The lowest BCUT2D eigenvalue weighted by Gasteiger charge is -2.34. The average Bonchev–Trinajstić information content (AvgIpc) is 2.51. The summed E-state index contributed by atoms with van der Waals surface area (Å²) < 4.78 is 0. The molecular weight excluding hydrogens is 254 g/mol. The molecule has 0 heterocycles. The average molecular weight is 298 g/mol. The largest absolute Gasteiger partial charge is 0.330 e. The van der Waals surface area contributed by atoms with Crippen molar-refractivity contribution in [1.82, 2.24) is 0 Å². The van der Waals surface area contributed by atoms with E-state index in [2.05, 4.69) is 27.7 Å². The molecule has 0 amide bonds. The summed E-state index contributed by atoms with van der Waals surface area (Å²) in [5.41, 5.74) is 6.26. The summed E-state index contributed by atoms with van der Waals surface area (Å²) in [5, 5.41) is 0. The van der Waals surface area contributed by atoms with E-state index in [9.17, 15) is 0 Å². The number of nitrogens with two attached hydrogens (primary N) is 1. The molecule has 0 aliphatic rings. The SMILES string of the molecule is CCCCC(CCCC)C(CN)C(CCCC)CCCC. The molecule has 0 radical (unpaired) electrons. The molecule has 0 aromatic heterocycles. The third-order valence-electron chi connectivity index (χ3n) is 5.20. The van der Waals surface area contributed by atoms with Crippen molar-refractivity contribution < 1.29 is 0 Å². The second kappa shape index (κ2) is 14.9. The van der Waals surface area contributed by atoms with Crippen LogP contribution in [0.3, 0.4) is 0 Å². The first-order valence-corrected chi connectivity index (χ1v) is 9.94. The first-order valence-electron chi connectivity index (χ1n) is 9.94. The predicted octanol–water partition coefficient (Wildman–Crippen LogP) is 6.55. The summed E-state index contributed by atoms with van der Waals surface area (Å²) >= 11 is 0. The van der Waals surface area contributed by atoms with Crippen LogP contribution in [0, 0.1) is 17.8 Å². The van der Waals surface area contributed by atoms with Gasteiger partial charge in [-0.1, -0.05) is 105 Å². The number of hydrogen-bond acceptors (Lipinski definition) is 1. The summed E-state index contributed by atoms with van der Waals surface area (Å²) in [6.45, 7) is 10.2. The van der Waals surface area contributed by atoms with Crippen molar-refractivity contribution in [2.24, 2.45) is 23.5 Å². The van der Waals surface area contributed by atoms with Gasteiger partial charge in [0, 0.05) is 0 Å². The molecule has 1 nitrogen and oxygen atoms in total. The lowest BCUT2D eigenvalue weighted by Crippen LogP contribution is -2.31. The van der Waals surface area contributed by atoms with Crippen LogP contribution in [0.25, 0.3) is 0 Å². The molecule has 21 heavy (non-hydrogen) atoms. The van der Waals surface area contributed by atoms with Crippen LogP contribution in [0.15, 0.2) is 0 Å². The Bertz CT molecular complexity index is 166. The van der Waals surface area contributed by atoms with Gasteiger partial charge in [0.1, 0.15) is 0 Å². The molecular formula is C20H43N. The predicted molar refractivity (Wildman–Crippen MR) is 97.6 cm³/mol. The topological polar surface area (TPSA) is 26.0 Å². The highest BCUT2D eigenvalue weighted by Gasteiger charge is 2.27. The van der Waals surface area contributed by atoms with E-state index in [4.69, 9.17) is 5.73 Å². The van der Waals surface area contributed by atoms with E-state index in [0.717, 1.165) is 24.3 Å². The standard InChI is InChI=1S/C20H43N/c1-5-9-13-18(14-10-6-2)20(17-21)19(15-11-7-3)16-12-8-4/h18-20H,5-17,21H2,1-4H3.